The molecular weight excluding hydrogens is 230 g/mol. The number of nitrogens with one attached hydrogen (secondary N) is 1. The molecule has 18 heavy (non-hydrogen) atoms. The van der Waals surface area contributed by atoms with Crippen LogP contribution in [0.4, 0.5) is 0 Å². The fraction of sp³-hybridized carbons (Fsp3) is 0.500. The van der Waals surface area contributed by atoms with Crippen molar-refractivity contribution in [1.29, 1.82) is 0 Å². The molecule has 0 spiro atoms. The molecule has 1 fully saturated rings. The van der Waals surface area contributed by atoms with E-state index in [0.717, 1.165) is 13.1 Å². The first kappa shape index (κ1) is 13.1. The van der Waals surface area contributed by atoms with Gasteiger partial charge >= 0.3 is 0 Å². The van der Waals surface area contributed by atoms with Gasteiger partial charge in [0.2, 0.25) is 0 Å². The molecule has 1 heterocycles. The molecule has 1 aromatic carbocycles. The van der Waals surface area contributed by atoms with Crippen LogP contribution in [0.3, 0.4) is 0 Å². The minimum absolute atomic E-state index is 0.0175. The van der Waals surface area contributed by atoms with Crippen LogP contribution in [0.5, 0.6) is 5.75 Å². The summed E-state index contributed by atoms with van der Waals surface area (Å²) in [6.07, 6.45) is 1.39. The number of rotatable bonds is 4. The van der Waals surface area contributed by atoms with E-state index in [9.17, 15) is 4.79 Å². The molecule has 1 N–H and O–H groups in total. The van der Waals surface area contributed by atoms with Gasteiger partial charge < -0.3 is 14.8 Å². The third-order valence-electron chi connectivity index (χ3n) is 3.57. The Hall–Kier alpha value is -1.39. The Morgan fingerprint density at radius 2 is 1.89 bits per heavy atom. The lowest BCUT2D eigenvalue weighted by atomic mass is 9.84. The van der Waals surface area contributed by atoms with Crippen LogP contribution in [0.15, 0.2) is 24.3 Å². The van der Waals surface area contributed by atoms with E-state index in [1.807, 2.05) is 12.1 Å². The van der Waals surface area contributed by atoms with E-state index in [0.29, 0.717) is 24.2 Å². The number of Topliss-reactive ketones (excluding diaryl/α,β-unsaturated/α-hetero) is 1. The molecule has 1 saturated heterocycles. The summed E-state index contributed by atoms with van der Waals surface area (Å²) in [6, 6.07) is 7.30. The predicted molar refractivity (Wildman–Crippen MR) is 69.2 cm³/mol. The van der Waals surface area contributed by atoms with Crippen LogP contribution in [0.1, 0.15) is 23.2 Å². The maximum Gasteiger partial charge on any atom is 0.198 e. The monoisotopic (exact) mass is 249 g/mol. The number of methoxy groups -OCH3 is 2. The summed E-state index contributed by atoms with van der Waals surface area (Å²) in [5.41, 5.74) is -0.108. The topological polar surface area (TPSA) is 47.6 Å². The Bertz CT molecular complexity index is 425. The molecule has 0 aromatic heterocycles. The average Bonchev–Trinajstić information content (AvgIpc) is 2.47. The van der Waals surface area contributed by atoms with E-state index in [-0.39, 0.29) is 5.78 Å². The highest BCUT2D eigenvalue weighted by atomic mass is 16.5. The van der Waals surface area contributed by atoms with Gasteiger partial charge in [-0.2, -0.15) is 0 Å². The lowest BCUT2D eigenvalue weighted by Gasteiger charge is -2.35. The number of hydrogen-bond donors (Lipinski definition) is 1. The predicted octanol–water partition coefficient (Wildman–Crippen LogP) is 1.65. The van der Waals surface area contributed by atoms with E-state index in [4.69, 9.17) is 9.47 Å². The van der Waals surface area contributed by atoms with Crippen molar-refractivity contribution in [2.24, 2.45) is 0 Å². The molecule has 1 aliphatic rings. The van der Waals surface area contributed by atoms with Crippen molar-refractivity contribution >= 4 is 5.78 Å². The number of para-hydroxylation sites is 1. The summed E-state index contributed by atoms with van der Waals surface area (Å²) in [4.78, 5) is 12.7. The van der Waals surface area contributed by atoms with Crippen molar-refractivity contribution < 1.29 is 14.3 Å². The number of benzene rings is 1. The Morgan fingerprint density at radius 1 is 1.22 bits per heavy atom. The van der Waals surface area contributed by atoms with Gasteiger partial charge in [0, 0.05) is 7.11 Å². The highest BCUT2D eigenvalue weighted by molar-refractivity contribution is 6.04. The molecule has 0 aliphatic carbocycles. The smallest absolute Gasteiger partial charge is 0.198 e. The molecule has 98 valence electrons. The maximum absolute atomic E-state index is 12.7. The van der Waals surface area contributed by atoms with Crippen LogP contribution in [-0.2, 0) is 4.74 Å². The van der Waals surface area contributed by atoms with E-state index in [1.54, 1.807) is 26.4 Å². The molecular formula is C14H19NO3. The van der Waals surface area contributed by atoms with Crippen LogP contribution in [0.25, 0.3) is 0 Å². The second-order valence-electron chi connectivity index (χ2n) is 4.48. The van der Waals surface area contributed by atoms with Crippen LogP contribution in [0, 0.1) is 0 Å². The quantitative estimate of drug-likeness (QED) is 0.824. The zero-order valence-electron chi connectivity index (χ0n) is 10.9. The highest BCUT2D eigenvalue weighted by Crippen LogP contribution is 2.30. The van der Waals surface area contributed by atoms with Gasteiger partial charge in [0.05, 0.1) is 12.7 Å². The molecule has 4 nitrogen and oxygen atoms in total. The van der Waals surface area contributed by atoms with Gasteiger partial charge in [0.1, 0.15) is 11.4 Å². The van der Waals surface area contributed by atoms with Crippen LogP contribution >= 0.6 is 0 Å². The summed E-state index contributed by atoms with van der Waals surface area (Å²) < 4.78 is 10.8. The third kappa shape index (κ3) is 2.26. The van der Waals surface area contributed by atoms with E-state index in [2.05, 4.69) is 5.32 Å². The Kier molecular flexibility index (Phi) is 3.99. The molecule has 1 aliphatic heterocycles. The summed E-state index contributed by atoms with van der Waals surface area (Å²) >= 11 is 0. The first-order chi connectivity index (χ1) is 8.73. The lowest BCUT2D eigenvalue weighted by Crippen LogP contribution is -2.49. The number of hydrogen-bond acceptors (Lipinski definition) is 4. The van der Waals surface area contributed by atoms with Gasteiger partial charge in [-0.1, -0.05) is 12.1 Å². The zero-order valence-corrected chi connectivity index (χ0v) is 10.9. The minimum atomic E-state index is -0.708. The molecule has 0 saturated carbocycles. The van der Waals surface area contributed by atoms with Crippen molar-refractivity contribution in [1.82, 2.24) is 5.32 Å². The largest absolute Gasteiger partial charge is 0.496 e. The Balaban J connectivity index is 2.33. The molecule has 4 heteroatoms. The van der Waals surface area contributed by atoms with Crippen molar-refractivity contribution in [3.05, 3.63) is 29.8 Å². The molecule has 0 unspecified atom stereocenters. The molecule has 0 amide bonds. The van der Waals surface area contributed by atoms with Crippen LogP contribution in [-0.4, -0.2) is 38.7 Å². The van der Waals surface area contributed by atoms with Gasteiger partial charge in [-0.05, 0) is 38.1 Å². The summed E-state index contributed by atoms with van der Waals surface area (Å²) in [6.45, 7) is 1.60. The standard InChI is InChI=1S/C14H19NO3/c1-17-12-6-4-3-5-11(12)13(16)14(18-2)7-9-15-10-8-14/h3-6,15H,7-10H2,1-2H3. The number of ether oxygens (including phenoxy) is 2. The van der Waals surface area contributed by atoms with Gasteiger partial charge in [-0.3, -0.25) is 4.79 Å². The van der Waals surface area contributed by atoms with E-state index in [1.165, 1.54) is 0 Å². The molecule has 0 atom stereocenters. The second kappa shape index (κ2) is 5.50. The molecule has 1 aromatic rings. The summed E-state index contributed by atoms with van der Waals surface area (Å²) in [7, 11) is 3.19. The fourth-order valence-electron chi connectivity index (χ4n) is 2.43. The zero-order chi connectivity index (χ0) is 13.0. The normalized spacial score (nSPS) is 18.3. The highest BCUT2D eigenvalue weighted by Gasteiger charge is 2.41. The number of carbonyl (C=O) groups excluding carboxylic acids is 1. The summed E-state index contributed by atoms with van der Waals surface area (Å²) in [5, 5.41) is 3.25. The van der Waals surface area contributed by atoms with E-state index >= 15 is 0 Å². The van der Waals surface area contributed by atoms with Crippen LogP contribution < -0.4 is 10.1 Å². The van der Waals surface area contributed by atoms with Gasteiger partial charge in [-0.25, -0.2) is 0 Å². The number of carbonyl (C=O) groups is 1. The van der Waals surface area contributed by atoms with Crippen molar-refractivity contribution in [3.63, 3.8) is 0 Å². The van der Waals surface area contributed by atoms with Gasteiger partial charge in [0.15, 0.2) is 5.78 Å². The molecule has 2 rings (SSSR count). The van der Waals surface area contributed by atoms with Crippen LogP contribution in [0.2, 0.25) is 0 Å². The minimum Gasteiger partial charge on any atom is -0.496 e. The van der Waals surface area contributed by atoms with E-state index < -0.39 is 5.60 Å². The first-order valence-corrected chi connectivity index (χ1v) is 6.17. The van der Waals surface area contributed by atoms with Crippen molar-refractivity contribution in [2.75, 3.05) is 27.3 Å². The van der Waals surface area contributed by atoms with Crippen molar-refractivity contribution in [3.8, 4) is 5.75 Å². The number of piperidine rings is 1. The second-order valence-corrected chi connectivity index (χ2v) is 4.48. The third-order valence-corrected chi connectivity index (χ3v) is 3.57. The SMILES string of the molecule is COc1ccccc1C(=O)C1(OC)CCNCC1. The Morgan fingerprint density at radius 3 is 2.50 bits per heavy atom. The number of ketones is 1. The molecule has 0 bridgehead atoms. The summed E-state index contributed by atoms with van der Waals surface area (Å²) in [5.74, 6) is 0.626. The van der Waals surface area contributed by atoms with Gasteiger partial charge in [0.25, 0.3) is 0 Å². The lowest BCUT2D eigenvalue weighted by molar-refractivity contribution is -0.0155. The first-order valence-electron chi connectivity index (χ1n) is 6.17. The van der Waals surface area contributed by atoms with Gasteiger partial charge in [-0.15, -0.1) is 0 Å². The fourth-order valence-corrected chi connectivity index (χ4v) is 2.43. The van der Waals surface area contributed by atoms with Crippen molar-refractivity contribution in [2.45, 2.75) is 18.4 Å². The maximum atomic E-state index is 12.7. The average molecular weight is 249 g/mol. The molecule has 0 radical (unpaired) electrons. The Labute approximate surface area is 107 Å².